The molecule has 1 aliphatic carbocycles. The van der Waals surface area contributed by atoms with Gasteiger partial charge in [0.15, 0.2) is 5.78 Å². The summed E-state index contributed by atoms with van der Waals surface area (Å²) in [5.74, 6) is 0.203. The summed E-state index contributed by atoms with van der Waals surface area (Å²) in [7, 11) is 0. The maximum Gasteiger partial charge on any atom is 0.157 e. The smallest absolute Gasteiger partial charge is 0.157 e. The Morgan fingerprint density at radius 1 is 1.47 bits per heavy atom. The van der Waals surface area contributed by atoms with E-state index in [1.807, 2.05) is 10.9 Å². The molecule has 2 rings (SSSR count). The Morgan fingerprint density at radius 2 is 2.27 bits per heavy atom. The SMILES string of the molecule is CC(C)n1cc(NC2=CC(=O)CC2)cn1. The molecular weight excluding hydrogens is 190 g/mol. The van der Waals surface area contributed by atoms with Gasteiger partial charge in [0.05, 0.1) is 11.9 Å². The van der Waals surface area contributed by atoms with E-state index in [0.29, 0.717) is 12.5 Å². The maximum absolute atomic E-state index is 11.0. The second kappa shape index (κ2) is 3.88. The molecule has 0 aliphatic heterocycles. The molecule has 1 aromatic heterocycles. The quantitative estimate of drug-likeness (QED) is 0.822. The summed E-state index contributed by atoms with van der Waals surface area (Å²) in [5.41, 5.74) is 1.94. The molecule has 80 valence electrons. The third kappa shape index (κ3) is 2.26. The van der Waals surface area contributed by atoms with Crippen LogP contribution in [-0.2, 0) is 4.79 Å². The van der Waals surface area contributed by atoms with Gasteiger partial charge in [-0.1, -0.05) is 0 Å². The van der Waals surface area contributed by atoms with Crippen LogP contribution in [0, 0.1) is 0 Å². The first kappa shape index (κ1) is 9.96. The first-order valence-corrected chi connectivity index (χ1v) is 5.20. The van der Waals surface area contributed by atoms with Crippen molar-refractivity contribution in [2.45, 2.75) is 32.7 Å². The molecular formula is C11H15N3O. The lowest BCUT2D eigenvalue weighted by Crippen LogP contribution is -2.00. The van der Waals surface area contributed by atoms with Gasteiger partial charge in [0.25, 0.3) is 0 Å². The van der Waals surface area contributed by atoms with Gasteiger partial charge in [-0.05, 0) is 20.3 Å². The minimum atomic E-state index is 0.203. The van der Waals surface area contributed by atoms with Gasteiger partial charge in [-0.25, -0.2) is 0 Å². The summed E-state index contributed by atoms with van der Waals surface area (Å²) in [6.45, 7) is 4.16. The Labute approximate surface area is 89.0 Å². The maximum atomic E-state index is 11.0. The average Bonchev–Trinajstić information content (AvgIpc) is 2.76. The van der Waals surface area contributed by atoms with E-state index in [-0.39, 0.29) is 5.78 Å². The number of anilines is 1. The fraction of sp³-hybridized carbons (Fsp3) is 0.455. The predicted molar refractivity (Wildman–Crippen MR) is 58.6 cm³/mol. The monoisotopic (exact) mass is 205 g/mol. The molecule has 15 heavy (non-hydrogen) atoms. The Bertz CT molecular complexity index is 404. The van der Waals surface area contributed by atoms with Crippen molar-refractivity contribution in [3.63, 3.8) is 0 Å². The molecule has 1 aromatic rings. The van der Waals surface area contributed by atoms with Crippen LogP contribution >= 0.6 is 0 Å². The number of carbonyl (C=O) groups excluding carboxylic acids is 1. The third-order valence-electron chi connectivity index (χ3n) is 2.41. The average molecular weight is 205 g/mol. The molecule has 1 N–H and O–H groups in total. The fourth-order valence-electron chi connectivity index (χ4n) is 1.57. The van der Waals surface area contributed by atoms with Crippen LogP contribution in [-0.4, -0.2) is 15.6 Å². The van der Waals surface area contributed by atoms with Crippen molar-refractivity contribution >= 4 is 11.5 Å². The number of nitrogens with one attached hydrogen (secondary N) is 1. The summed E-state index contributed by atoms with van der Waals surface area (Å²) >= 11 is 0. The van der Waals surface area contributed by atoms with Gasteiger partial charge >= 0.3 is 0 Å². The van der Waals surface area contributed by atoms with E-state index in [9.17, 15) is 4.79 Å². The van der Waals surface area contributed by atoms with Crippen molar-refractivity contribution in [1.82, 2.24) is 9.78 Å². The summed E-state index contributed by atoms with van der Waals surface area (Å²) in [6.07, 6.45) is 6.84. The van der Waals surface area contributed by atoms with E-state index in [2.05, 4.69) is 24.3 Å². The molecule has 0 amide bonds. The highest BCUT2D eigenvalue weighted by Crippen LogP contribution is 2.18. The summed E-state index contributed by atoms with van der Waals surface area (Å²) in [4.78, 5) is 11.0. The van der Waals surface area contributed by atoms with Crippen LogP contribution in [0.1, 0.15) is 32.7 Å². The normalized spacial score (nSPS) is 15.9. The van der Waals surface area contributed by atoms with Gasteiger partial charge in [-0.3, -0.25) is 9.48 Å². The number of hydrogen-bond acceptors (Lipinski definition) is 3. The molecule has 1 heterocycles. The summed E-state index contributed by atoms with van der Waals surface area (Å²) in [6, 6.07) is 0.361. The Morgan fingerprint density at radius 3 is 2.80 bits per heavy atom. The highest BCUT2D eigenvalue weighted by Gasteiger charge is 2.12. The zero-order chi connectivity index (χ0) is 10.8. The Balaban J connectivity index is 2.05. The Kier molecular flexibility index (Phi) is 2.58. The standard InChI is InChI=1S/C11H15N3O/c1-8(2)14-7-10(6-12-14)13-9-3-4-11(15)5-9/h5-8,13H,3-4H2,1-2H3. The second-order valence-electron chi connectivity index (χ2n) is 4.06. The van der Waals surface area contributed by atoms with Crippen molar-refractivity contribution in [1.29, 1.82) is 0 Å². The minimum absolute atomic E-state index is 0.203. The molecule has 0 bridgehead atoms. The minimum Gasteiger partial charge on any atom is -0.356 e. The molecule has 1 aliphatic rings. The van der Waals surface area contributed by atoms with Crippen molar-refractivity contribution < 1.29 is 4.79 Å². The van der Waals surface area contributed by atoms with E-state index in [0.717, 1.165) is 17.8 Å². The van der Waals surface area contributed by atoms with Crippen molar-refractivity contribution in [2.75, 3.05) is 5.32 Å². The molecule has 0 spiro atoms. The van der Waals surface area contributed by atoms with Crippen molar-refractivity contribution in [3.8, 4) is 0 Å². The van der Waals surface area contributed by atoms with Crippen LogP contribution < -0.4 is 5.32 Å². The zero-order valence-electron chi connectivity index (χ0n) is 9.03. The first-order valence-electron chi connectivity index (χ1n) is 5.20. The van der Waals surface area contributed by atoms with E-state index < -0.39 is 0 Å². The van der Waals surface area contributed by atoms with E-state index in [1.165, 1.54) is 0 Å². The lowest BCUT2D eigenvalue weighted by molar-refractivity contribution is -0.114. The molecule has 0 radical (unpaired) electrons. The van der Waals surface area contributed by atoms with Crippen LogP contribution in [0.25, 0.3) is 0 Å². The van der Waals surface area contributed by atoms with Gasteiger partial charge in [0.2, 0.25) is 0 Å². The van der Waals surface area contributed by atoms with Crippen molar-refractivity contribution in [3.05, 3.63) is 24.2 Å². The fourth-order valence-corrected chi connectivity index (χ4v) is 1.57. The number of allylic oxidation sites excluding steroid dienone is 2. The third-order valence-corrected chi connectivity index (χ3v) is 2.41. The number of rotatable bonds is 3. The van der Waals surface area contributed by atoms with Crippen LogP contribution in [0.4, 0.5) is 5.69 Å². The Hall–Kier alpha value is -1.58. The molecule has 4 nitrogen and oxygen atoms in total. The van der Waals surface area contributed by atoms with Gasteiger partial charge < -0.3 is 5.32 Å². The zero-order valence-corrected chi connectivity index (χ0v) is 9.03. The van der Waals surface area contributed by atoms with Crippen LogP contribution in [0.15, 0.2) is 24.2 Å². The van der Waals surface area contributed by atoms with Crippen LogP contribution in [0.3, 0.4) is 0 Å². The number of aromatic nitrogens is 2. The predicted octanol–water partition coefficient (Wildman–Crippen LogP) is 2.12. The van der Waals surface area contributed by atoms with Gasteiger partial charge in [0, 0.05) is 30.4 Å². The highest BCUT2D eigenvalue weighted by atomic mass is 16.1. The second-order valence-corrected chi connectivity index (χ2v) is 4.06. The largest absolute Gasteiger partial charge is 0.356 e. The summed E-state index contributed by atoms with van der Waals surface area (Å²) < 4.78 is 1.89. The molecule has 0 aromatic carbocycles. The molecule has 4 heteroatoms. The number of ketones is 1. The molecule has 0 saturated carbocycles. The molecule has 0 atom stereocenters. The van der Waals surface area contributed by atoms with Gasteiger partial charge in [0.1, 0.15) is 0 Å². The van der Waals surface area contributed by atoms with Gasteiger partial charge in [-0.2, -0.15) is 5.10 Å². The van der Waals surface area contributed by atoms with E-state index in [1.54, 1.807) is 12.3 Å². The van der Waals surface area contributed by atoms with Crippen molar-refractivity contribution in [2.24, 2.45) is 0 Å². The van der Waals surface area contributed by atoms with E-state index in [4.69, 9.17) is 0 Å². The molecule has 0 saturated heterocycles. The van der Waals surface area contributed by atoms with Gasteiger partial charge in [-0.15, -0.1) is 0 Å². The van der Waals surface area contributed by atoms with Crippen LogP contribution in [0.2, 0.25) is 0 Å². The lowest BCUT2D eigenvalue weighted by atomic mass is 10.3. The summed E-state index contributed by atoms with van der Waals surface area (Å²) in [5, 5.41) is 7.42. The molecule has 0 unspecified atom stereocenters. The first-order chi connectivity index (χ1) is 7.15. The lowest BCUT2D eigenvalue weighted by Gasteiger charge is -2.04. The number of nitrogens with zero attached hydrogens (tertiary/aromatic N) is 2. The van der Waals surface area contributed by atoms with Crippen LogP contribution in [0.5, 0.6) is 0 Å². The number of carbonyl (C=O) groups is 1. The topological polar surface area (TPSA) is 46.9 Å². The number of hydrogen-bond donors (Lipinski definition) is 1. The molecule has 0 fully saturated rings. The van der Waals surface area contributed by atoms with E-state index >= 15 is 0 Å². The highest BCUT2D eigenvalue weighted by molar-refractivity contribution is 5.93.